The Balaban J connectivity index is 2.34. The zero-order valence-electron chi connectivity index (χ0n) is 10.1. The van der Waals surface area contributed by atoms with Crippen LogP contribution in [0.2, 0.25) is 0 Å². The van der Waals surface area contributed by atoms with Crippen molar-refractivity contribution in [1.29, 1.82) is 0 Å². The standard InChI is InChI=1S/C13H12BrNO3/c1-3-17-13(16)11-8(2)15-12(18-11)9-4-6-10(14)7-5-9/h4-7H,3H2,1-2H3. The molecule has 0 saturated heterocycles. The highest BCUT2D eigenvalue weighted by atomic mass is 79.9. The van der Waals surface area contributed by atoms with Crippen LogP contribution < -0.4 is 0 Å². The number of rotatable bonds is 3. The first-order chi connectivity index (χ1) is 8.61. The number of aromatic nitrogens is 1. The van der Waals surface area contributed by atoms with Crippen LogP contribution in [0.15, 0.2) is 33.2 Å². The van der Waals surface area contributed by atoms with Crippen LogP contribution >= 0.6 is 15.9 Å². The first kappa shape index (κ1) is 12.8. The van der Waals surface area contributed by atoms with E-state index < -0.39 is 5.97 Å². The number of carbonyl (C=O) groups is 1. The zero-order valence-corrected chi connectivity index (χ0v) is 11.7. The van der Waals surface area contributed by atoms with Gasteiger partial charge in [-0.15, -0.1) is 0 Å². The zero-order chi connectivity index (χ0) is 13.1. The minimum Gasteiger partial charge on any atom is -0.460 e. The molecule has 2 aromatic rings. The summed E-state index contributed by atoms with van der Waals surface area (Å²) >= 11 is 3.36. The Kier molecular flexibility index (Phi) is 3.81. The van der Waals surface area contributed by atoms with Gasteiger partial charge in [0.2, 0.25) is 11.7 Å². The molecule has 0 atom stereocenters. The molecule has 0 saturated carbocycles. The summed E-state index contributed by atoms with van der Waals surface area (Å²) in [6, 6.07) is 7.51. The molecule has 0 radical (unpaired) electrons. The van der Waals surface area contributed by atoms with Crippen molar-refractivity contribution < 1.29 is 13.9 Å². The molecule has 1 aromatic carbocycles. The van der Waals surface area contributed by atoms with Crippen LogP contribution in [0.3, 0.4) is 0 Å². The fourth-order valence-electron chi connectivity index (χ4n) is 1.50. The average molecular weight is 310 g/mol. The minimum atomic E-state index is -0.481. The fourth-order valence-corrected chi connectivity index (χ4v) is 1.76. The Hall–Kier alpha value is -1.62. The van der Waals surface area contributed by atoms with Crippen molar-refractivity contribution in [3.63, 3.8) is 0 Å². The van der Waals surface area contributed by atoms with Crippen molar-refractivity contribution in [2.45, 2.75) is 13.8 Å². The second-order valence-electron chi connectivity index (χ2n) is 3.66. The van der Waals surface area contributed by atoms with Gasteiger partial charge in [-0.2, -0.15) is 0 Å². The van der Waals surface area contributed by atoms with E-state index in [-0.39, 0.29) is 5.76 Å². The molecule has 2 rings (SSSR count). The molecule has 0 bridgehead atoms. The Bertz CT molecular complexity index is 560. The largest absolute Gasteiger partial charge is 0.460 e. The topological polar surface area (TPSA) is 52.3 Å². The average Bonchev–Trinajstić information content (AvgIpc) is 2.72. The van der Waals surface area contributed by atoms with E-state index in [4.69, 9.17) is 9.15 Å². The third-order valence-corrected chi connectivity index (χ3v) is 2.88. The number of esters is 1. The van der Waals surface area contributed by atoms with E-state index in [2.05, 4.69) is 20.9 Å². The number of aryl methyl sites for hydroxylation is 1. The number of hydrogen-bond donors (Lipinski definition) is 0. The molecule has 0 N–H and O–H groups in total. The van der Waals surface area contributed by atoms with Crippen molar-refractivity contribution in [1.82, 2.24) is 4.98 Å². The second kappa shape index (κ2) is 5.35. The lowest BCUT2D eigenvalue weighted by Gasteiger charge is -1.97. The predicted molar refractivity (Wildman–Crippen MR) is 70.3 cm³/mol. The van der Waals surface area contributed by atoms with Crippen molar-refractivity contribution in [3.8, 4) is 11.5 Å². The molecule has 0 amide bonds. The fraction of sp³-hybridized carbons (Fsp3) is 0.231. The molecule has 1 heterocycles. The summed E-state index contributed by atoms with van der Waals surface area (Å²) in [5.41, 5.74) is 1.35. The summed E-state index contributed by atoms with van der Waals surface area (Å²) in [6.45, 7) is 3.78. The van der Waals surface area contributed by atoms with Gasteiger partial charge in [-0.25, -0.2) is 9.78 Å². The monoisotopic (exact) mass is 309 g/mol. The normalized spacial score (nSPS) is 10.4. The van der Waals surface area contributed by atoms with Gasteiger partial charge >= 0.3 is 5.97 Å². The Morgan fingerprint density at radius 2 is 2.06 bits per heavy atom. The van der Waals surface area contributed by atoms with E-state index in [0.29, 0.717) is 18.2 Å². The van der Waals surface area contributed by atoms with Crippen LogP contribution in [0.1, 0.15) is 23.2 Å². The number of oxazole rings is 1. The van der Waals surface area contributed by atoms with Gasteiger partial charge in [0.25, 0.3) is 0 Å². The first-order valence-corrected chi connectivity index (χ1v) is 6.31. The summed E-state index contributed by atoms with van der Waals surface area (Å²) in [5.74, 6) is 0.101. The summed E-state index contributed by atoms with van der Waals surface area (Å²) in [5, 5.41) is 0. The van der Waals surface area contributed by atoms with Crippen LogP contribution in [0.5, 0.6) is 0 Å². The highest BCUT2D eigenvalue weighted by Gasteiger charge is 2.19. The molecular weight excluding hydrogens is 298 g/mol. The van der Waals surface area contributed by atoms with Gasteiger partial charge in [0.15, 0.2) is 0 Å². The van der Waals surface area contributed by atoms with E-state index in [0.717, 1.165) is 10.0 Å². The van der Waals surface area contributed by atoms with E-state index in [9.17, 15) is 4.79 Å². The summed E-state index contributed by atoms with van der Waals surface area (Å²) in [4.78, 5) is 15.8. The van der Waals surface area contributed by atoms with Crippen molar-refractivity contribution >= 4 is 21.9 Å². The lowest BCUT2D eigenvalue weighted by molar-refractivity contribution is 0.0490. The van der Waals surface area contributed by atoms with Gasteiger partial charge in [0.1, 0.15) is 0 Å². The Labute approximate surface area is 113 Å². The summed E-state index contributed by atoms with van der Waals surface area (Å²) in [7, 11) is 0. The summed E-state index contributed by atoms with van der Waals surface area (Å²) < 4.78 is 11.3. The molecule has 0 aliphatic rings. The highest BCUT2D eigenvalue weighted by Crippen LogP contribution is 2.23. The Morgan fingerprint density at radius 1 is 1.39 bits per heavy atom. The maximum absolute atomic E-state index is 11.6. The van der Waals surface area contributed by atoms with Gasteiger partial charge in [-0.3, -0.25) is 0 Å². The van der Waals surface area contributed by atoms with Crippen LogP contribution in [0.4, 0.5) is 0 Å². The number of halogens is 1. The van der Waals surface area contributed by atoms with Gasteiger partial charge in [0.05, 0.1) is 12.3 Å². The number of ether oxygens (including phenoxy) is 1. The van der Waals surface area contributed by atoms with Crippen molar-refractivity contribution in [3.05, 3.63) is 40.2 Å². The molecule has 1 aromatic heterocycles. The summed E-state index contributed by atoms with van der Waals surface area (Å²) in [6.07, 6.45) is 0. The van der Waals surface area contributed by atoms with E-state index in [1.54, 1.807) is 13.8 Å². The smallest absolute Gasteiger partial charge is 0.376 e. The lowest BCUT2D eigenvalue weighted by Crippen LogP contribution is -2.04. The SMILES string of the molecule is CCOC(=O)c1oc(-c2ccc(Br)cc2)nc1C. The van der Waals surface area contributed by atoms with Gasteiger partial charge < -0.3 is 9.15 Å². The molecule has 0 spiro atoms. The number of hydrogen-bond acceptors (Lipinski definition) is 4. The maximum Gasteiger partial charge on any atom is 0.376 e. The minimum absolute atomic E-state index is 0.162. The number of nitrogens with zero attached hydrogens (tertiary/aromatic N) is 1. The third kappa shape index (κ3) is 2.61. The molecule has 5 heteroatoms. The van der Waals surface area contributed by atoms with Crippen molar-refractivity contribution in [2.24, 2.45) is 0 Å². The molecule has 4 nitrogen and oxygen atoms in total. The molecule has 0 unspecified atom stereocenters. The molecule has 94 valence electrons. The van der Waals surface area contributed by atoms with Crippen LogP contribution in [0.25, 0.3) is 11.5 Å². The predicted octanol–water partition coefficient (Wildman–Crippen LogP) is 3.59. The quantitative estimate of drug-likeness (QED) is 0.813. The van der Waals surface area contributed by atoms with Gasteiger partial charge in [-0.05, 0) is 38.1 Å². The number of carbonyl (C=O) groups excluding carboxylic acids is 1. The van der Waals surface area contributed by atoms with Crippen LogP contribution in [0, 0.1) is 6.92 Å². The molecular formula is C13H12BrNO3. The maximum atomic E-state index is 11.6. The lowest BCUT2D eigenvalue weighted by atomic mass is 10.2. The highest BCUT2D eigenvalue weighted by molar-refractivity contribution is 9.10. The van der Waals surface area contributed by atoms with Gasteiger partial charge in [0, 0.05) is 10.0 Å². The van der Waals surface area contributed by atoms with E-state index in [1.807, 2.05) is 24.3 Å². The Morgan fingerprint density at radius 3 is 2.67 bits per heavy atom. The van der Waals surface area contributed by atoms with Crippen molar-refractivity contribution in [2.75, 3.05) is 6.61 Å². The molecule has 0 fully saturated rings. The number of benzene rings is 1. The van der Waals surface area contributed by atoms with Gasteiger partial charge in [-0.1, -0.05) is 15.9 Å². The van der Waals surface area contributed by atoms with Crippen LogP contribution in [-0.2, 0) is 4.74 Å². The molecule has 0 aliphatic carbocycles. The molecule has 0 aliphatic heterocycles. The van der Waals surface area contributed by atoms with Crippen LogP contribution in [-0.4, -0.2) is 17.6 Å². The second-order valence-corrected chi connectivity index (χ2v) is 4.58. The first-order valence-electron chi connectivity index (χ1n) is 5.52. The third-order valence-electron chi connectivity index (χ3n) is 2.35. The van der Waals surface area contributed by atoms with E-state index in [1.165, 1.54) is 0 Å². The molecule has 18 heavy (non-hydrogen) atoms. The van der Waals surface area contributed by atoms with E-state index >= 15 is 0 Å².